The predicted molar refractivity (Wildman–Crippen MR) is 91.0 cm³/mol. The van der Waals surface area contributed by atoms with Gasteiger partial charge in [-0.3, -0.25) is 24.6 Å². The van der Waals surface area contributed by atoms with E-state index in [1.165, 1.54) is 42.5 Å². The first-order chi connectivity index (χ1) is 12.0. The van der Waals surface area contributed by atoms with Gasteiger partial charge in [0.05, 0.1) is 16.4 Å². The molecule has 2 aromatic rings. The summed E-state index contributed by atoms with van der Waals surface area (Å²) in [6.45, 7) is -0.212. The molecule has 2 amide bonds. The Balaban J connectivity index is 1.88. The third-order valence-corrected chi connectivity index (χ3v) is 4.49. The van der Waals surface area contributed by atoms with Crippen LogP contribution in [-0.2, 0) is 11.3 Å². The van der Waals surface area contributed by atoms with Crippen molar-refractivity contribution in [1.29, 1.82) is 0 Å². The van der Waals surface area contributed by atoms with Crippen LogP contribution in [0.4, 0.5) is 14.9 Å². The van der Waals surface area contributed by atoms with E-state index in [9.17, 15) is 24.1 Å². The second-order valence-corrected chi connectivity index (χ2v) is 6.17. The molecule has 1 fully saturated rings. The normalized spacial score (nSPS) is 15.9. The average Bonchev–Trinajstić information content (AvgIpc) is 2.85. The van der Waals surface area contributed by atoms with Crippen molar-refractivity contribution in [3.05, 3.63) is 80.5 Å². The van der Waals surface area contributed by atoms with E-state index >= 15 is 0 Å². The number of para-hydroxylation sites is 1. The summed E-state index contributed by atoms with van der Waals surface area (Å²) in [7, 11) is 0. The van der Waals surface area contributed by atoms with Gasteiger partial charge in [-0.25, -0.2) is 4.39 Å². The van der Waals surface area contributed by atoms with Crippen LogP contribution in [-0.4, -0.2) is 21.0 Å². The van der Waals surface area contributed by atoms with Gasteiger partial charge in [-0.2, -0.15) is 0 Å². The van der Waals surface area contributed by atoms with Gasteiger partial charge in [0.2, 0.25) is 0 Å². The Morgan fingerprint density at radius 2 is 1.80 bits per heavy atom. The lowest BCUT2D eigenvalue weighted by Gasteiger charge is -2.12. The van der Waals surface area contributed by atoms with Gasteiger partial charge < -0.3 is 0 Å². The smallest absolute Gasteiger partial charge is 0.268 e. The first-order valence-corrected chi connectivity index (χ1v) is 8.01. The van der Waals surface area contributed by atoms with Crippen molar-refractivity contribution in [3.8, 4) is 0 Å². The van der Waals surface area contributed by atoms with Gasteiger partial charge in [0.1, 0.15) is 5.82 Å². The molecule has 0 aliphatic carbocycles. The molecule has 0 aromatic heterocycles. The molecule has 2 aromatic carbocycles. The Bertz CT molecular complexity index is 913. The molecule has 0 bridgehead atoms. The van der Waals surface area contributed by atoms with Crippen molar-refractivity contribution in [2.45, 2.75) is 6.54 Å². The molecule has 1 aliphatic rings. The van der Waals surface area contributed by atoms with Gasteiger partial charge in [0, 0.05) is 17.2 Å². The fourth-order valence-electron chi connectivity index (χ4n) is 2.36. The van der Waals surface area contributed by atoms with Crippen molar-refractivity contribution in [1.82, 2.24) is 4.90 Å². The number of imide groups is 1. The molecule has 1 saturated heterocycles. The fourth-order valence-corrected chi connectivity index (χ4v) is 3.19. The summed E-state index contributed by atoms with van der Waals surface area (Å²) in [6, 6.07) is 11.8. The highest BCUT2D eigenvalue weighted by atomic mass is 32.2. The van der Waals surface area contributed by atoms with E-state index in [0.717, 1.165) is 4.90 Å². The number of nitro groups is 1. The summed E-state index contributed by atoms with van der Waals surface area (Å²) in [5.74, 6) is -1.11. The van der Waals surface area contributed by atoms with Crippen LogP contribution in [0.25, 0.3) is 6.08 Å². The molecule has 1 heterocycles. The highest BCUT2D eigenvalue weighted by Crippen LogP contribution is 2.34. The maximum absolute atomic E-state index is 13.7. The summed E-state index contributed by atoms with van der Waals surface area (Å²) in [4.78, 5) is 36.0. The van der Waals surface area contributed by atoms with Crippen LogP contribution < -0.4 is 0 Å². The van der Waals surface area contributed by atoms with E-state index in [1.54, 1.807) is 12.1 Å². The summed E-state index contributed by atoms with van der Waals surface area (Å²) >= 11 is 0.681. The van der Waals surface area contributed by atoms with Crippen LogP contribution in [0.1, 0.15) is 11.1 Å². The minimum absolute atomic E-state index is 0.0775. The molecular weight excluding hydrogens is 347 g/mol. The van der Waals surface area contributed by atoms with Crippen molar-refractivity contribution in [2.75, 3.05) is 0 Å². The molecule has 0 N–H and O–H groups in total. The third kappa shape index (κ3) is 3.43. The molecule has 0 atom stereocenters. The Morgan fingerprint density at radius 3 is 2.52 bits per heavy atom. The zero-order chi connectivity index (χ0) is 18.0. The molecule has 25 heavy (non-hydrogen) atoms. The minimum atomic E-state index is -0.601. The number of hydrogen-bond acceptors (Lipinski definition) is 5. The van der Waals surface area contributed by atoms with Crippen LogP contribution >= 0.6 is 11.8 Å². The summed E-state index contributed by atoms with van der Waals surface area (Å²) in [5, 5.41) is 10.5. The van der Waals surface area contributed by atoms with Gasteiger partial charge >= 0.3 is 0 Å². The van der Waals surface area contributed by atoms with Crippen molar-refractivity contribution in [2.24, 2.45) is 0 Å². The van der Waals surface area contributed by atoms with Crippen LogP contribution in [0.15, 0.2) is 53.4 Å². The number of halogens is 1. The molecule has 0 radical (unpaired) electrons. The molecule has 126 valence electrons. The third-order valence-electron chi connectivity index (χ3n) is 3.58. The van der Waals surface area contributed by atoms with Gasteiger partial charge in [0.15, 0.2) is 0 Å². The number of nitro benzene ring substituents is 1. The summed E-state index contributed by atoms with van der Waals surface area (Å²) in [6.07, 6.45) is 1.31. The van der Waals surface area contributed by atoms with E-state index < -0.39 is 21.9 Å². The van der Waals surface area contributed by atoms with E-state index in [-0.39, 0.29) is 28.3 Å². The lowest BCUT2D eigenvalue weighted by atomic mass is 10.1. The van der Waals surface area contributed by atoms with Crippen molar-refractivity contribution in [3.63, 3.8) is 0 Å². The monoisotopic (exact) mass is 358 g/mol. The van der Waals surface area contributed by atoms with Crippen LogP contribution in [0, 0.1) is 15.9 Å². The number of carbonyl (C=O) groups is 2. The Kier molecular flexibility index (Phi) is 4.62. The zero-order valence-electron chi connectivity index (χ0n) is 12.7. The Morgan fingerprint density at radius 1 is 1.12 bits per heavy atom. The van der Waals surface area contributed by atoms with E-state index in [2.05, 4.69) is 0 Å². The molecule has 1 aliphatic heterocycles. The predicted octanol–water partition coefficient (Wildman–Crippen LogP) is 3.97. The van der Waals surface area contributed by atoms with E-state index in [4.69, 9.17) is 0 Å². The Hall–Kier alpha value is -3.00. The van der Waals surface area contributed by atoms with E-state index in [0.29, 0.717) is 11.8 Å². The van der Waals surface area contributed by atoms with Crippen LogP contribution in [0.2, 0.25) is 0 Å². The number of rotatable bonds is 4. The van der Waals surface area contributed by atoms with Crippen LogP contribution in [0.5, 0.6) is 0 Å². The molecule has 6 nitrogen and oxygen atoms in total. The molecule has 0 saturated carbocycles. The fraction of sp³-hybridized carbons (Fsp3) is 0.0588. The minimum Gasteiger partial charge on any atom is -0.268 e. The highest BCUT2D eigenvalue weighted by molar-refractivity contribution is 8.18. The second-order valence-electron chi connectivity index (χ2n) is 5.18. The summed E-state index contributed by atoms with van der Waals surface area (Å²) < 4.78 is 13.7. The molecule has 8 heteroatoms. The first-order valence-electron chi connectivity index (χ1n) is 7.19. The number of thioether (sulfide) groups is 1. The number of amides is 2. The summed E-state index contributed by atoms with van der Waals surface area (Å²) in [5.41, 5.74) is 0.278. The number of nitrogens with zero attached hydrogens (tertiary/aromatic N) is 2. The van der Waals surface area contributed by atoms with Gasteiger partial charge in [0.25, 0.3) is 16.8 Å². The largest absolute Gasteiger partial charge is 0.293 e. The highest BCUT2D eigenvalue weighted by Gasteiger charge is 2.36. The van der Waals surface area contributed by atoms with Crippen molar-refractivity contribution >= 4 is 34.7 Å². The maximum Gasteiger partial charge on any atom is 0.293 e. The molecular formula is C17H11FN2O4S. The van der Waals surface area contributed by atoms with Gasteiger partial charge in [-0.15, -0.1) is 0 Å². The number of hydrogen-bond donors (Lipinski definition) is 0. The zero-order valence-corrected chi connectivity index (χ0v) is 13.5. The topological polar surface area (TPSA) is 80.5 Å². The lowest BCUT2D eigenvalue weighted by molar-refractivity contribution is -0.385. The Labute approximate surface area is 146 Å². The van der Waals surface area contributed by atoms with Gasteiger partial charge in [-0.1, -0.05) is 36.4 Å². The van der Waals surface area contributed by atoms with Gasteiger partial charge in [-0.05, 0) is 23.9 Å². The quantitative estimate of drug-likeness (QED) is 0.469. The SMILES string of the molecule is O=C1S/C(=C\c2ccccc2F)C(=O)N1Cc1ccccc1[N+](=O)[O-]. The molecule has 0 unspecified atom stereocenters. The first kappa shape index (κ1) is 16.8. The lowest BCUT2D eigenvalue weighted by Crippen LogP contribution is -2.27. The van der Waals surface area contributed by atoms with E-state index in [1.807, 2.05) is 0 Å². The molecule has 3 rings (SSSR count). The number of carbonyl (C=O) groups excluding carboxylic acids is 2. The van der Waals surface area contributed by atoms with Crippen LogP contribution in [0.3, 0.4) is 0 Å². The average molecular weight is 358 g/mol. The molecule has 0 spiro atoms. The number of benzene rings is 2. The van der Waals surface area contributed by atoms with Crippen molar-refractivity contribution < 1.29 is 18.9 Å². The standard InChI is InChI=1S/C17H11FN2O4S/c18-13-7-3-1-5-11(13)9-15-16(21)19(17(22)25-15)10-12-6-2-4-8-14(12)20(23)24/h1-9H,10H2/b15-9-. The maximum atomic E-state index is 13.7. The second kappa shape index (κ2) is 6.86.